The van der Waals surface area contributed by atoms with Crippen molar-refractivity contribution in [2.45, 2.75) is 89.3 Å². The molecule has 48 heavy (non-hydrogen) atoms. The fourth-order valence-electron chi connectivity index (χ4n) is 5.59. The minimum atomic E-state index is -3.88. The van der Waals surface area contributed by atoms with Crippen molar-refractivity contribution >= 4 is 33.3 Å². The second kappa shape index (κ2) is 19.0. The number of sulfone groups is 1. The van der Waals surface area contributed by atoms with Gasteiger partial charge in [-0.1, -0.05) is 75.5 Å². The van der Waals surface area contributed by atoms with E-state index in [1.807, 2.05) is 45.0 Å². The molecule has 0 fully saturated rings. The Hall–Kier alpha value is -3.38. The Balaban J connectivity index is 1.89. The van der Waals surface area contributed by atoms with E-state index in [4.69, 9.17) is 11.6 Å². The van der Waals surface area contributed by atoms with Crippen LogP contribution in [0.25, 0.3) is 0 Å². The summed E-state index contributed by atoms with van der Waals surface area (Å²) in [6, 6.07) is 14.2. The zero-order valence-corrected chi connectivity index (χ0v) is 29.2. The van der Waals surface area contributed by atoms with E-state index >= 15 is 0 Å². The molecule has 0 spiro atoms. The van der Waals surface area contributed by atoms with Gasteiger partial charge in [-0.2, -0.15) is 0 Å². The Morgan fingerprint density at radius 1 is 0.854 bits per heavy atom. The molecule has 2 amide bonds. The van der Waals surface area contributed by atoms with Gasteiger partial charge in [0.05, 0.1) is 23.1 Å². The maximum absolute atomic E-state index is 14.1. The van der Waals surface area contributed by atoms with Gasteiger partial charge in [0.15, 0.2) is 9.84 Å². The third kappa shape index (κ3) is 12.3. The van der Waals surface area contributed by atoms with E-state index in [-0.39, 0.29) is 29.1 Å². The lowest BCUT2D eigenvalue weighted by atomic mass is 10.00. The standard InChI is InChI=1S/C36H46ClF2N3O5S/c1-4-9-31(10-5-2)48(46,47)23-33(42-35(44)27-13-8-14-28(37)19-27)36(45)41-32(18-26-16-29(38)20-30(39)17-26)34(43)22-40-21-25-12-7-11-24(6-3)15-25/h7-8,11-17,19-20,31-34,40,43H,4-6,9-10,18,21-23H2,1-3H3,(H,41,45)(H,42,44)/t32-,33-,34+/m0/s1. The molecule has 3 aromatic carbocycles. The van der Waals surface area contributed by atoms with Crippen molar-refractivity contribution in [1.82, 2.24) is 16.0 Å². The van der Waals surface area contributed by atoms with Crippen molar-refractivity contribution in [1.29, 1.82) is 0 Å². The van der Waals surface area contributed by atoms with Crippen molar-refractivity contribution in [2.75, 3.05) is 12.3 Å². The molecule has 0 bridgehead atoms. The van der Waals surface area contributed by atoms with Gasteiger partial charge >= 0.3 is 0 Å². The van der Waals surface area contributed by atoms with Gasteiger partial charge in [0.1, 0.15) is 17.7 Å². The first kappa shape index (κ1) is 39.1. The van der Waals surface area contributed by atoms with Crippen LogP contribution in [0.5, 0.6) is 0 Å². The van der Waals surface area contributed by atoms with Crippen LogP contribution in [-0.4, -0.2) is 61.1 Å². The van der Waals surface area contributed by atoms with Gasteiger partial charge in [-0.3, -0.25) is 9.59 Å². The maximum Gasteiger partial charge on any atom is 0.252 e. The highest BCUT2D eigenvalue weighted by Gasteiger charge is 2.34. The summed E-state index contributed by atoms with van der Waals surface area (Å²) in [6.45, 7) is 6.19. The lowest BCUT2D eigenvalue weighted by molar-refractivity contribution is -0.124. The third-order valence-electron chi connectivity index (χ3n) is 8.09. The number of carbonyl (C=O) groups is 2. The lowest BCUT2D eigenvalue weighted by Crippen LogP contribution is -2.57. The van der Waals surface area contributed by atoms with Gasteiger partial charge in [0.2, 0.25) is 5.91 Å². The number of carbonyl (C=O) groups excluding carboxylic acids is 2. The summed E-state index contributed by atoms with van der Waals surface area (Å²) in [6.07, 6.45) is 1.44. The Morgan fingerprint density at radius 2 is 1.50 bits per heavy atom. The molecular formula is C36H46ClF2N3O5S. The molecule has 0 aliphatic heterocycles. The molecule has 3 rings (SSSR count). The van der Waals surface area contributed by atoms with Crippen LogP contribution in [0.15, 0.2) is 66.7 Å². The van der Waals surface area contributed by atoms with E-state index in [9.17, 15) is 31.9 Å². The number of amides is 2. The van der Waals surface area contributed by atoms with Crippen molar-refractivity contribution in [3.8, 4) is 0 Å². The van der Waals surface area contributed by atoms with Crippen LogP contribution >= 0.6 is 11.6 Å². The average molecular weight is 706 g/mol. The largest absolute Gasteiger partial charge is 0.390 e. The van der Waals surface area contributed by atoms with Crippen LogP contribution in [0, 0.1) is 11.6 Å². The van der Waals surface area contributed by atoms with E-state index in [0.29, 0.717) is 32.2 Å². The molecule has 4 N–H and O–H groups in total. The molecular weight excluding hydrogens is 660 g/mol. The zero-order chi connectivity index (χ0) is 35.3. The summed E-state index contributed by atoms with van der Waals surface area (Å²) in [5, 5.41) is 19.2. The molecule has 0 unspecified atom stereocenters. The van der Waals surface area contributed by atoms with Crippen LogP contribution < -0.4 is 16.0 Å². The van der Waals surface area contributed by atoms with Crippen molar-refractivity contribution < 1.29 is 31.9 Å². The van der Waals surface area contributed by atoms with Crippen molar-refractivity contribution in [2.24, 2.45) is 0 Å². The summed E-state index contributed by atoms with van der Waals surface area (Å²) < 4.78 is 55.5. The summed E-state index contributed by atoms with van der Waals surface area (Å²) >= 11 is 6.06. The molecule has 8 nitrogen and oxygen atoms in total. The molecule has 0 aliphatic rings. The van der Waals surface area contributed by atoms with Crippen molar-refractivity contribution in [3.63, 3.8) is 0 Å². The number of aryl methyl sites for hydroxylation is 1. The van der Waals surface area contributed by atoms with Gasteiger partial charge in [0.25, 0.3) is 5.91 Å². The first-order chi connectivity index (χ1) is 22.8. The number of aliphatic hydroxyl groups excluding tert-OH is 1. The fourth-order valence-corrected chi connectivity index (χ4v) is 7.94. The fraction of sp³-hybridized carbons (Fsp3) is 0.444. The highest BCUT2D eigenvalue weighted by molar-refractivity contribution is 7.92. The number of aliphatic hydroxyl groups is 1. The molecule has 0 aliphatic carbocycles. The summed E-state index contributed by atoms with van der Waals surface area (Å²) in [4.78, 5) is 27.1. The summed E-state index contributed by atoms with van der Waals surface area (Å²) in [7, 11) is -3.88. The number of halogens is 3. The van der Waals surface area contributed by atoms with Gasteiger partial charge in [-0.05, 0) is 72.7 Å². The molecule has 0 heterocycles. The first-order valence-corrected chi connectivity index (χ1v) is 18.4. The topological polar surface area (TPSA) is 125 Å². The Morgan fingerprint density at radius 3 is 2.12 bits per heavy atom. The lowest BCUT2D eigenvalue weighted by Gasteiger charge is -2.28. The van der Waals surface area contributed by atoms with E-state index in [1.165, 1.54) is 12.1 Å². The van der Waals surface area contributed by atoms with Crippen molar-refractivity contribution in [3.05, 3.63) is 106 Å². The SMILES string of the molecule is CCCC(CCC)S(=O)(=O)C[C@H](NC(=O)c1cccc(Cl)c1)C(=O)N[C@@H](Cc1cc(F)cc(F)c1)[C@H](O)CNCc1cccc(CC)c1. The van der Waals surface area contributed by atoms with Gasteiger partial charge in [-0.25, -0.2) is 17.2 Å². The Labute approximate surface area is 287 Å². The first-order valence-electron chi connectivity index (χ1n) is 16.3. The highest BCUT2D eigenvalue weighted by atomic mass is 35.5. The van der Waals surface area contributed by atoms with Crippen LogP contribution in [0.4, 0.5) is 8.78 Å². The minimum Gasteiger partial charge on any atom is -0.390 e. The van der Waals surface area contributed by atoms with Crippen LogP contribution in [0.1, 0.15) is 73.5 Å². The molecule has 12 heteroatoms. The smallest absolute Gasteiger partial charge is 0.252 e. The van der Waals surface area contributed by atoms with E-state index in [1.54, 1.807) is 12.1 Å². The predicted octanol–water partition coefficient (Wildman–Crippen LogP) is 5.54. The van der Waals surface area contributed by atoms with Crippen LogP contribution in [0.3, 0.4) is 0 Å². The quantitative estimate of drug-likeness (QED) is 0.130. The predicted molar refractivity (Wildman–Crippen MR) is 186 cm³/mol. The van der Waals surface area contributed by atoms with Crippen LogP contribution in [-0.2, 0) is 34.0 Å². The maximum atomic E-state index is 14.1. The van der Waals surface area contributed by atoms with E-state index in [0.717, 1.165) is 35.7 Å². The zero-order valence-electron chi connectivity index (χ0n) is 27.6. The number of rotatable bonds is 19. The average Bonchev–Trinajstić information content (AvgIpc) is 3.03. The number of hydrogen-bond acceptors (Lipinski definition) is 6. The normalized spacial score (nSPS) is 13.6. The summed E-state index contributed by atoms with van der Waals surface area (Å²) in [5.74, 6) is -3.91. The molecule has 3 aromatic rings. The molecule has 262 valence electrons. The molecule has 0 radical (unpaired) electrons. The van der Waals surface area contributed by atoms with E-state index < -0.39 is 62.5 Å². The Bertz CT molecular complexity index is 1600. The molecule has 3 atom stereocenters. The number of hydrogen-bond donors (Lipinski definition) is 4. The monoisotopic (exact) mass is 705 g/mol. The van der Waals surface area contributed by atoms with Gasteiger partial charge in [0, 0.05) is 29.7 Å². The molecule has 0 aromatic heterocycles. The molecule has 0 saturated heterocycles. The van der Waals surface area contributed by atoms with Gasteiger partial charge in [-0.15, -0.1) is 0 Å². The second-order valence-electron chi connectivity index (χ2n) is 12.0. The molecule has 0 saturated carbocycles. The third-order valence-corrected chi connectivity index (χ3v) is 10.6. The minimum absolute atomic E-state index is 0.00793. The van der Waals surface area contributed by atoms with Crippen LogP contribution in [0.2, 0.25) is 5.02 Å². The number of nitrogens with one attached hydrogen (secondary N) is 3. The second-order valence-corrected chi connectivity index (χ2v) is 14.8. The van der Waals surface area contributed by atoms with E-state index in [2.05, 4.69) is 16.0 Å². The Kier molecular flexibility index (Phi) is 15.4. The van der Waals surface area contributed by atoms with Gasteiger partial charge < -0.3 is 21.1 Å². The highest BCUT2D eigenvalue weighted by Crippen LogP contribution is 2.18. The number of benzene rings is 3. The summed E-state index contributed by atoms with van der Waals surface area (Å²) in [5.41, 5.74) is 2.43.